The van der Waals surface area contributed by atoms with E-state index in [0.717, 1.165) is 11.1 Å². The van der Waals surface area contributed by atoms with Gasteiger partial charge in [-0.3, -0.25) is 9.59 Å². The van der Waals surface area contributed by atoms with E-state index in [1.54, 1.807) is 0 Å². The largest absolute Gasteiger partial charge is 0.481 e. The topological polar surface area (TPSA) is 105 Å². The van der Waals surface area contributed by atoms with Crippen molar-refractivity contribution in [3.8, 4) is 11.1 Å². The van der Waals surface area contributed by atoms with Gasteiger partial charge >= 0.3 is 12.1 Å². The molecule has 2 aliphatic carbocycles. The molecule has 3 atom stereocenters. The SMILES string of the molecule is CCC(CC(=O)NC[C@H]1C[C@H]1C(=O)O)NC(=O)OCC1c2ccccc2-c2ccccc21. The van der Waals surface area contributed by atoms with E-state index in [-0.39, 0.29) is 42.7 Å². The minimum Gasteiger partial charge on any atom is -0.481 e. The van der Waals surface area contributed by atoms with Crippen molar-refractivity contribution < 1.29 is 24.2 Å². The number of hydrogen-bond donors (Lipinski definition) is 3. The monoisotopic (exact) mass is 436 g/mol. The Labute approximate surface area is 187 Å². The summed E-state index contributed by atoms with van der Waals surface area (Å²) >= 11 is 0. The molecule has 2 amide bonds. The first kappa shape index (κ1) is 21.9. The number of nitrogens with one attached hydrogen (secondary N) is 2. The zero-order valence-corrected chi connectivity index (χ0v) is 18.0. The maximum absolute atomic E-state index is 12.4. The van der Waals surface area contributed by atoms with E-state index in [1.165, 1.54) is 11.1 Å². The second-order valence-electron chi connectivity index (χ2n) is 8.52. The van der Waals surface area contributed by atoms with Crippen molar-refractivity contribution in [3.05, 3.63) is 59.7 Å². The van der Waals surface area contributed by atoms with Gasteiger partial charge < -0.3 is 20.5 Å². The van der Waals surface area contributed by atoms with Crippen molar-refractivity contribution in [3.63, 3.8) is 0 Å². The van der Waals surface area contributed by atoms with Crippen LogP contribution in [-0.4, -0.2) is 42.3 Å². The number of carbonyl (C=O) groups excluding carboxylic acids is 2. The van der Waals surface area contributed by atoms with Crippen LogP contribution >= 0.6 is 0 Å². The molecule has 168 valence electrons. The van der Waals surface area contributed by atoms with E-state index >= 15 is 0 Å². The lowest BCUT2D eigenvalue weighted by Crippen LogP contribution is -2.40. The normalized spacial score (nSPS) is 19.4. The van der Waals surface area contributed by atoms with Crippen molar-refractivity contribution in [1.82, 2.24) is 10.6 Å². The lowest BCUT2D eigenvalue weighted by Gasteiger charge is -2.19. The third-order valence-electron chi connectivity index (χ3n) is 6.39. The Kier molecular flexibility index (Phi) is 6.44. The van der Waals surface area contributed by atoms with E-state index in [1.807, 2.05) is 31.2 Å². The third-order valence-corrected chi connectivity index (χ3v) is 6.39. The smallest absolute Gasteiger partial charge is 0.407 e. The molecule has 0 heterocycles. The molecule has 3 N–H and O–H groups in total. The highest BCUT2D eigenvalue weighted by Crippen LogP contribution is 2.44. The lowest BCUT2D eigenvalue weighted by molar-refractivity contribution is -0.139. The summed E-state index contributed by atoms with van der Waals surface area (Å²) in [5, 5.41) is 14.5. The molecule has 0 bridgehead atoms. The van der Waals surface area contributed by atoms with Gasteiger partial charge in [0.25, 0.3) is 0 Å². The Morgan fingerprint density at radius 2 is 1.69 bits per heavy atom. The van der Waals surface area contributed by atoms with Gasteiger partial charge in [0, 0.05) is 24.9 Å². The highest BCUT2D eigenvalue weighted by Gasteiger charge is 2.43. The molecule has 4 rings (SSSR count). The van der Waals surface area contributed by atoms with Crippen LogP contribution in [0.15, 0.2) is 48.5 Å². The number of fused-ring (bicyclic) bond motifs is 3. The van der Waals surface area contributed by atoms with Crippen LogP contribution in [-0.2, 0) is 14.3 Å². The van der Waals surface area contributed by atoms with Gasteiger partial charge in [0.1, 0.15) is 6.61 Å². The first-order chi connectivity index (χ1) is 15.5. The molecule has 0 aromatic heterocycles. The number of rotatable bonds is 9. The summed E-state index contributed by atoms with van der Waals surface area (Å²) in [5.74, 6) is -1.38. The molecule has 0 aliphatic heterocycles. The molecule has 2 aromatic rings. The fraction of sp³-hybridized carbons (Fsp3) is 0.400. The number of carboxylic acid groups (broad SMARTS) is 1. The number of carboxylic acids is 1. The average molecular weight is 437 g/mol. The Morgan fingerprint density at radius 3 is 2.25 bits per heavy atom. The molecule has 2 aliphatic rings. The molecule has 0 radical (unpaired) electrons. The van der Waals surface area contributed by atoms with Crippen LogP contribution in [0.3, 0.4) is 0 Å². The van der Waals surface area contributed by atoms with E-state index in [0.29, 0.717) is 19.4 Å². The van der Waals surface area contributed by atoms with Crippen LogP contribution in [0.1, 0.15) is 43.2 Å². The zero-order valence-electron chi connectivity index (χ0n) is 18.0. The zero-order chi connectivity index (χ0) is 22.7. The number of benzene rings is 2. The summed E-state index contributed by atoms with van der Waals surface area (Å²) in [6.07, 6.45) is 0.772. The van der Waals surface area contributed by atoms with Gasteiger partial charge in [-0.1, -0.05) is 55.5 Å². The lowest BCUT2D eigenvalue weighted by atomic mass is 9.98. The van der Waals surface area contributed by atoms with E-state index < -0.39 is 12.1 Å². The highest BCUT2D eigenvalue weighted by atomic mass is 16.5. The molecule has 32 heavy (non-hydrogen) atoms. The molecule has 0 spiro atoms. The van der Waals surface area contributed by atoms with Gasteiger partial charge in [0.15, 0.2) is 0 Å². The summed E-state index contributed by atoms with van der Waals surface area (Å²) in [7, 11) is 0. The second-order valence-corrected chi connectivity index (χ2v) is 8.52. The maximum Gasteiger partial charge on any atom is 0.407 e. The van der Waals surface area contributed by atoms with Gasteiger partial charge in [-0.15, -0.1) is 0 Å². The Bertz CT molecular complexity index is 975. The molecular weight excluding hydrogens is 408 g/mol. The minimum absolute atomic E-state index is 0.00613. The molecule has 1 unspecified atom stereocenters. The number of ether oxygens (including phenoxy) is 1. The van der Waals surface area contributed by atoms with Crippen molar-refractivity contribution in [1.29, 1.82) is 0 Å². The molecular formula is C25H28N2O5. The van der Waals surface area contributed by atoms with E-state index in [4.69, 9.17) is 9.84 Å². The molecule has 7 nitrogen and oxygen atoms in total. The molecule has 0 saturated heterocycles. The minimum atomic E-state index is -0.812. The Balaban J connectivity index is 1.27. The van der Waals surface area contributed by atoms with Crippen LogP contribution in [0.5, 0.6) is 0 Å². The van der Waals surface area contributed by atoms with Crippen LogP contribution < -0.4 is 10.6 Å². The number of aliphatic carboxylic acids is 1. The number of carbonyl (C=O) groups is 3. The average Bonchev–Trinajstić information content (AvgIpc) is 3.51. The third kappa shape index (κ3) is 4.77. The van der Waals surface area contributed by atoms with Crippen molar-refractivity contribution in [2.24, 2.45) is 11.8 Å². The molecule has 1 fully saturated rings. The molecule has 7 heteroatoms. The summed E-state index contributed by atoms with van der Waals surface area (Å²) in [5.41, 5.74) is 4.63. The predicted molar refractivity (Wildman–Crippen MR) is 119 cm³/mol. The van der Waals surface area contributed by atoms with Crippen molar-refractivity contribution >= 4 is 18.0 Å². The van der Waals surface area contributed by atoms with Gasteiger partial charge in [-0.2, -0.15) is 0 Å². The van der Waals surface area contributed by atoms with Crippen molar-refractivity contribution in [2.45, 2.75) is 38.1 Å². The molecule has 2 aromatic carbocycles. The second kappa shape index (κ2) is 9.42. The first-order valence-corrected chi connectivity index (χ1v) is 11.1. The fourth-order valence-electron chi connectivity index (χ4n) is 4.42. The van der Waals surface area contributed by atoms with Crippen LogP contribution in [0.4, 0.5) is 4.79 Å². The van der Waals surface area contributed by atoms with Crippen molar-refractivity contribution in [2.75, 3.05) is 13.2 Å². The Hall–Kier alpha value is -3.35. The number of amides is 2. The summed E-state index contributed by atoms with van der Waals surface area (Å²) in [6.45, 7) is 2.47. The van der Waals surface area contributed by atoms with Gasteiger partial charge in [-0.25, -0.2) is 4.79 Å². The van der Waals surface area contributed by atoms with Crippen LogP contribution in [0.25, 0.3) is 11.1 Å². The summed E-state index contributed by atoms with van der Waals surface area (Å²) in [6, 6.07) is 15.9. The van der Waals surface area contributed by atoms with Gasteiger partial charge in [-0.05, 0) is 41.0 Å². The summed E-state index contributed by atoms with van der Waals surface area (Å²) < 4.78 is 5.56. The van der Waals surface area contributed by atoms with Crippen LogP contribution in [0.2, 0.25) is 0 Å². The molecule has 1 saturated carbocycles. The fourth-order valence-corrected chi connectivity index (χ4v) is 4.42. The van der Waals surface area contributed by atoms with Gasteiger partial charge in [0.2, 0.25) is 5.91 Å². The maximum atomic E-state index is 12.4. The van der Waals surface area contributed by atoms with Crippen LogP contribution in [0, 0.1) is 11.8 Å². The van der Waals surface area contributed by atoms with Gasteiger partial charge in [0.05, 0.1) is 5.92 Å². The predicted octanol–water partition coefficient (Wildman–Crippen LogP) is 3.53. The number of alkyl carbamates (subject to hydrolysis) is 1. The quantitative estimate of drug-likeness (QED) is 0.558. The van der Waals surface area contributed by atoms with E-state index in [9.17, 15) is 14.4 Å². The number of hydrogen-bond acceptors (Lipinski definition) is 4. The highest BCUT2D eigenvalue weighted by molar-refractivity contribution is 5.80. The van der Waals surface area contributed by atoms with E-state index in [2.05, 4.69) is 34.9 Å². The summed E-state index contributed by atoms with van der Waals surface area (Å²) in [4.78, 5) is 35.5. The standard InChI is InChI=1S/C25H28N2O5/c1-2-16(12-23(28)26-13-15-11-21(15)24(29)30)27-25(31)32-14-22-19-9-5-3-7-17(19)18-8-4-6-10-20(18)22/h3-10,15-16,21-22H,2,11-14H2,1H3,(H,26,28)(H,27,31)(H,29,30)/t15-,16?,21-/m1/s1. The Morgan fingerprint density at radius 1 is 1.06 bits per heavy atom. The first-order valence-electron chi connectivity index (χ1n) is 11.1.